The molecule has 1 heterocycles. The molecule has 1 atom stereocenters. The van der Waals surface area contributed by atoms with Crippen LogP contribution in [0.2, 0.25) is 5.02 Å². The summed E-state index contributed by atoms with van der Waals surface area (Å²) in [6.07, 6.45) is 0. The number of aliphatic imine (C=N–C) groups is 1. The van der Waals surface area contributed by atoms with Crippen LogP contribution in [0.3, 0.4) is 0 Å². The van der Waals surface area contributed by atoms with Crippen LogP contribution in [0.15, 0.2) is 23.2 Å². The molecule has 0 saturated carbocycles. The molecule has 1 aliphatic heterocycles. The Hall–Kier alpha value is -0.930. The van der Waals surface area contributed by atoms with Gasteiger partial charge < -0.3 is 9.84 Å². The summed E-state index contributed by atoms with van der Waals surface area (Å²) in [5.41, 5.74) is 0.0672. The molecule has 0 amide bonds. The van der Waals surface area contributed by atoms with Crippen molar-refractivity contribution in [1.82, 2.24) is 0 Å². The third kappa shape index (κ3) is 1.79. The molecular weight excluding hydrogens is 225 g/mol. The fourth-order valence-electron chi connectivity index (χ4n) is 1.18. The van der Waals surface area contributed by atoms with E-state index in [9.17, 15) is 5.11 Å². The van der Waals surface area contributed by atoms with Gasteiger partial charge in [-0.2, -0.15) is 0 Å². The molecule has 0 fully saturated rings. The number of aromatic hydroxyl groups is 1. The van der Waals surface area contributed by atoms with E-state index < -0.39 is 5.56 Å². The van der Waals surface area contributed by atoms with Crippen LogP contribution in [-0.4, -0.2) is 23.1 Å². The lowest BCUT2D eigenvalue weighted by atomic mass is 10.2. The Balaban J connectivity index is 2.33. The summed E-state index contributed by atoms with van der Waals surface area (Å²) in [6.45, 7) is 0.402. The van der Waals surface area contributed by atoms with Crippen LogP contribution in [0.25, 0.3) is 0 Å². The maximum atomic E-state index is 9.55. The van der Waals surface area contributed by atoms with Crippen molar-refractivity contribution in [2.24, 2.45) is 4.99 Å². The third-order valence-electron chi connectivity index (χ3n) is 1.81. The second kappa shape index (κ2) is 3.67. The molecule has 3 nitrogen and oxygen atoms in total. The Morgan fingerprint density at radius 3 is 2.86 bits per heavy atom. The van der Waals surface area contributed by atoms with Crippen molar-refractivity contribution in [2.45, 2.75) is 5.56 Å². The molecule has 0 bridgehead atoms. The van der Waals surface area contributed by atoms with Gasteiger partial charge in [0.15, 0.2) is 5.56 Å². The molecule has 0 spiro atoms. The lowest BCUT2D eigenvalue weighted by molar-refractivity contribution is 0.306. The average molecular weight is 232 g/mol. The molecule has 0 aromatic heterocycles. The van der Waals surface area contributed by atoms with E-state index in [-0.39, 0.29) is 5.75 Å². The highest BCUT2D eigenvalue weighted by molar-refractivity contribution is 6.30. The predicted octanol–water partition coefficient (Wildman–Crippen LogP) is 2.39. The summed E-state index contributed by atoms with van der Waals surface area (Å²) in [5.74, 6) is 0.404. The number of hydrogen-bond donors (Lipinski definition) is 1. The van der Waals surface area contributed by atoms with Gasteiger partial charge in [-0.05, 0) is 18.2 Å². The van der Waals surface area contributed by atoms with Gasteiger partial charge in [-0.3, -0.25) is 0 Å². The molecule has 1 aliphatic rings. The van der Waals surface area contributed by atoms with Crippen molar-refractivity contribution in [3.8, 4) is 5.75 Å². The molecule has 74 valence electrons. The average Bonchev–Trinajstić information content (AvgIpc) is 2.51. The standard InChI is InChI=1S/C9H7Cl2NO2/c10-5-1-2-6(7(13)3-5)9-12-4-8(11)14-9/h1-3,8,13H,4H2. The highest BCUT2D eigenvalue weighted by atomic mass is 35.5. The highest BCUT2D eigenvalue weighted by Gasteiger charge is 2.20. The summed E-state index contributed by atoms with van der Waals surface area (Å²) >= 11 is 11.4. The van der Waals surface area contributed by atoms with Crippen LogP contribution in [0, 0.1) is 0 Å². The Labute approximate surface area is 90.9 Å². The van der Waals surface area contributed by atoms with Crippen LogP contribution < -0.4 is 0 Å². The number of nitrogens with zero attached hydrogens (tertiary/aromatic N) is 1. The zero-order valence-electron chi connectivity index (χ0n) is 7.08. The first-order valence-corrected chi connectivity index (χ1v) is 4.82. The number of phenolic OH excluding ortho intramolecular Hbond substituents is 1. The molecule has 2 rings (SSSR count). The number of hydrogen-bond acceptors (Lipinski definition) is 3. The smallest absolute Gasteiger partial charge is 0.221 e. The molecular formula is C9H7Cl2NO2. The van der Waals surface area contributed by atoms with Crippen molar-refractivity contribution in [2.75, 3.05) is 6.54 Å². The Morgan fingerprint density at radius 2 is 2.29 bits per heavy atom. The van der Waals surface area contributed by atoms with Gasteiger partial charge in [0.05, 0.1) is 12.1 Å². The number of halogens is 2. The molecule has 0 radical (unpaired) electrons. The lowest BCUT2D eigenvalue weighted by Crippen LogP contribution is -2.06. The number of alkyl halides is 1. The minimum absolute atomic E-state index is 0.0435. The number of rotatable bonds is 1. The second-order valence-corrected chi connectivity index (χ2v) is 3.76. The van der Waals surface area contributed by atoms with Gasteiger partial charge in [0.2, 0.25) is 5.90 Å². The van der Waals surface area contributed by atoms with E-state index >= 15 is 0 Å². The van der Waals surface area contributed by atoms with Gasteiger partial charge in [-0.1, -0.05) is 23.2 Å². The van der Waals surface area contributed by atoms with Gasteiger partial charge in [-0.25, -0.2) is 4.99 Å². The zero-order valence-corrected chi connectivity index (χ0v) is 8.59. The van der Waals surface area contributed by atoms with E-state index in [1.165, 1.54) is 6.07 Å². The van der Waals surface area contributed by atoms with Crippen LogP contribution >= 0.6 is 23.2 Å². The quantitative estimate of drug-likeness (QED) is 0.755. The van der Waals surface area contributed by atoms with E-state index in [1.807, 2.05) is 0 Å². The van der Waals surface area contributed by atoms with Gasteiger partial charge in [0, 0.05) is 5.02 Å². The van der Waals surface area contributed by atoms with Crippen LogP contribution in [-0.2, 0) is 4.74 Å². The lowest BCUT2D eigenvalue weighted by Gasteiger charge is -2.06. The predicted molar refractivity (Wildman–Crippen MR) is 55.2 cm³/mol. The summed E-state index contributed by atoms with van der Waals surface area (Å²) in [5, 5.41) is 10.0. The van der Waals surface area contributed by atoms with Gasteiger partial charge in [0.25, 0.3) is 0 Å². The Morgan fingerprint density at radius 1 is 1.50 bits per heavy atom. The minimum Gasteiger partial charge on any atom is -0.507 e. The Kier molecular flexibility index (Phi) is 2.52. The van der Waals surface area contributed by atoms with E-state index in [0.29, 0.717) is 23.0 Å². The van der Waals surface area contributed by atoms with Gasteiger partial charge in [-0.15, -0.1) is 0 Å². The SMILES string of the molecule is Oc1cc(Cl)ccc1C1=NCC(Cl)O1. The van der Waals surface area contributed by atoms with Crippen molar-refractivity contribution in [1.29, 1.82) is 0 Å². The first kappa shape index (κ1) is 9.62. The van der Waals surface area contributed by atoms with E-state index in [0.717, 1.165) is 0 Å². The van der Waals surface area contributed by atoms with Crippen molar-refractivity contribution < 1.29 is 9.84 Å². The number of phenols is 1. The third-order valence-corrected chi connectivity index (χ3v) is 2.27. The van der Waals surface area contributed by atoms with Gasteiger partial charge in [0.1, 0.15) is 5.75 Å². The summed E-state index contributed by atoms with van der Waals surface area (Å²) in [7, 11) is 0. The molecule has 1 unspecified atom stereocenters. The molecule has 0 aliphatic carbocycles. The fourth-order valence-corrected chi connectivity index (χ4v) is 1.50. The Bertz CT molecular complexity index is 392. The molecule has 1 aromatic carbocycles. The normalized spacial score (nSPS) is 20.4. The van der Waals surface area contributed by atoms with Gasteiger partial charge >= 0.3 is 0 Å². The molecule has 5 heteroatoms. The monoisotopic (exact) mass is 231 g/mol. The molecule has 0 saturated heterocycles. The van der Waals surface area contributed by atoms with Crippen molar-refractivity contribution in [3.05, 3.63) is 28.8 Å². The number of ether oxygens (including phenoxy) is 1. The van der Waals surface area contributed by atoms with Crippen LogP contribution in [0.5, 0.6) is 5.75 Å². The first-order valence-electron chi connectivity index (χ1n) is 4.01. The highest BCUT2D eigenvalue weighted by Crippen LogP contribution is 2.25. The summed E-state index contributed by atoms with van der Waals surface area (Å²) in [6, 6.07) is 4.74. The van der Waals surface area contributed by atoms with E-state index in [4.69, 9.17) is 27.9 Å². The first-order chi connectivity index (χ1) is 6.66. The van der Waals surface area contributed by atoms with E-state index in [1.54, 1.807) is 12.1 Å². The van der Waals surface area contributed by atoms with Crippen LogP contribution in [0.1, 0.15) is 5.56 Å². The summed E-state index contributed by atoms with van der Waals surface area (Å²) in [4.78, 5) is 4.04. The minimum atomic E-state index is -0.444. The van der Waals surface area contributed by atoms with Crippen LogP contribution in [0.4, 0.5) is 0 Å². The summed E-state index contributed by atoms with van der Waals surface area (Å²) < 4.78 is 5.18. The maximum Gasteiger partial charge on any atom is 0.221 e. The molecule has 1 aromatic rings. The number of benzene rings is 1. The van der Waals surface area contributed by atoms with E-state index in [2.05, 4.69) is 4.99 Å². The fraction of sp³-hybridized carbons (Fsp3) is 0.222. The van der Waals surface area contributed by atoms with Crippen molar-refractivity contribution >= 4 is 29.1 Å². The second-order valence-electron chi connectivity index (χ2n) is 2.84. The largest absolute Gasteiger partial charge is 0.507 e. The zero-order chi connectivity index (χ0) is 10.1. The molecule has 14 heavy (non-hydrogen) atoms. The van der Waals surface area contributed by atoms with Crippen molar-refractivity contribution in [3.63, 3.8) is 0 Å². The maximum absolute atomic E-state index is 9.55. The molecule has 1 N–H and O–H groups in total. The topological polar surface area (TPSA) is 41.8 Å².